The minimum atomic E-state index is -0.602. The summed E-state index contributed by atoms with van der Waals surface area (Å²) in [5.41, 5.74) is 4.13. The van der Waals surface area contributed by atoms with E-state index < -0.39 is 5.41 Å². The van der Waals surface area contributed by atoms with Crippen LogP contribution in [0.25, 0.3) is 0 Å². The van der Waals surface area contributed by atoms with E-state index in [2.05, 4.69) is 5.43 Å². The van der Waals surface area contributed by atoms with Gasteiger partial charge >= 0.3 is 0 Å². The van der Waals surface area contributed by atoms with Crippen molar-refractivity contribution in [1.82, 2.24) is 5.01 Å². The highest BCUT2D eigenvalue weighted by Gasteiger charge is 2.45. The molecule has 17 heavy (non-hydrogen) atoms. The highest BCUT2D eigenvalue weighted by atomic mass is 16.2. The number of carbonyl (C=O) groups excluding carboxylic acids is 2. The molecule has 1 aromatic carbocycles. The molecule has 0 aliphatic carbocycles. The maximum absolute atomic E-state index is 12.0. The van der Waals surface area contributed by atoms with Gasteiger partial charge in [0.25, 0.3) is 5.91 Å². The number of amides is 2. The van der Waals surface area contributed by atoms with Crippen molar-refractivity contribution >= 4 is 17.5 Å². The number of carbonyl (C=O) groups is 2. The van der Waals surface area contributed by atoms with Crippen molar-refractivity contribution in [3.05, 3.63) is 29.8 Å². The average Bonchev–Trinajstić information content (AvgIpc) is 2.44. The predicted octanol–water partition coefficient (Wildman–Crippen LogP) is 2.11. The van der Waals surface area contributed by atoms with Gasteiger partial charge in [-0.1, -0.05) is 31.5 Å². The molecule has 0 atom stereocenters. The van der Waals surface area contributed by atoms with Crippen LogP contribution in [-0.4, -0.2) is 16.8 Å². The number of hydrogen-bond donors (Lipinski definition) is 1. The molecule has 1 aliphatic heterocycles. The molecule has 1 heterocycles. The summed E-state index contributed by atoms with van der Waals surface area (Å²) in [5.74, 6) is -0.358. The smallest absolute Gasteiger partial charge is 0.254 e. The fourth-order valence-corrected chi connectivity index (χ4v) is 1.82. The normalized spacial score (nSPS) is 18.6. The number of imide groups is 1. The van der Waals surface area contributed by atoms with Gasteiger partial charge in [-0.25, -0.2) is 0 Å². The van der Waals surface area contributed by atoms with Crippen LogP contribution in [0.3, 0.4) is 0 Å². The Labute approximate surface area is 101 Å². The van der Waals surface area contributed by atoms with E-state index in [9.17, 15) is 9.59 Å². The van der Waals surface area contributed by atoms with Crippen LogP contribution < -0.4 is 5.43 Å². The van der Waals surface area contributed by atoms with E-state index in [1.165, 1.54) is 0 Å². The summed E-state index contributed by atoms with van der Waals surface area (Å²) >= 11 is 0. The zero-order valence-corrected chi connectivity index (χ0v) is 10.3. The van der Waals surface area contributed by atoms with E-state index in [1.807, 2.05) is 31.2 Å². The van der Waals surface area contributed by atoms with Crippen LogP contribution in [0.4, 0.5) is 5.69 Å². The molecular weight excluding hydrogens is 216 g/mol. The third kappa shape index (κ3) is 2.16. The van der Waals surface area contributed by atoms with Gasteiger partial charge in [0, 0.05) is 6.42 Å². The van der Waals surface area contributed by atoms with E-state index in [1.54, 1.807) is 13.8 Å². The number of hydrogen-bond acceptors (Lipinski definition) is 3. The van der Waals surface area contributed by atoms with Crippen molar-refractivity contribution in [1.29, 1.82) is 0 Å². The molecule has 1 aliphatic rings. The molecule has 2 amide bonds. The van der Waals surface area contributed by atoms with Crippen molar-refractivity contribution in [2.75, 3.05) is 5.43 Å². The Morgan fingerprint density at radius 3 is 2.24 bits per heavy atom. The van der Waals surface area contributed by atoms with Gasteiger partial charge in [-0.15, -0.1) is 0 Å². The molecule has 1 fully saturated rings. The van der Waals surface area contributed by atoms with Gasteiger partial charge in [-0.2, -0.15) is 5.01 Å². The van der Waals surface area contributed by atoms with E-state index in [0.717, 1.165) is 16.3 Å². The molecule has 4 heteroatoms. The first-order valence-corrected chi connectivity index (χ1v) is 5.61. The fraction of sp³-hybridized carbons (Fsp3) is 0.385. The van der Waals surface area contributed by atoms with Gasteiger partial charge in [-0.3, -0.25) is 15.0 Å². The van der Waals surface area contributed by atoms with Gasteiger partial charge in [-0.05, 0) is 19.1 Å². The first-order chi connectivity index (χ1) is 7.90. The second-order valence-electron chi connectivity index (χ2n) is 5.07. The predicted molar refractivity (Wildman–Crippen MR) is 65.1 cm³/mol. The fourth-order valence-electron chi connectivity index (χ4n) is 1.82. The molecule has 0 aromatic heterocycles. The number of rotatable bonds is 2. The zero-order chi connectivity index (χ0) is 12.6. The molecule has 90 valence electrons. The second kappa shape index (κ2) is 3.87. The highest BCUT2D eigenvalue weighted by Crippen LogP contribution is 2.31. The minimum Gasteiger partial charge on any atom is -0.289 e. The molecule has 1 aromatic rings. The summed E-state index contributed by atoms with van der Waals surface area (Å²) < 4.78 is 0. The number of aryl methyl sites for hydroxylation is 1. The van der Waals surface area contributed by atoms with Crippen molar-refractivity contribution in [2.45, 2.75) is 27.2 Å². The SMILES string of the molecule is Cc1ccc(NN2C(=O)CC(C)(C)C2=O)cc1. The average molecular weight is 232 g/mol. The van der Waals surface area contributed by atoms with Gasteiger partial charge < -0.3 is 0 Å². The van der Waals surface area contributed by atoms with Crippen LogP contribution in [0.15, 0.2) is 24.3 Å². The maximum atomic E-state index is 12.0. The molecule has 0 unspecified atom stereocenters. The second-order valence-corrected chi connectivity index (χ2v) is 5.07. The number of hydrazine groups is 1. The van der Waals surface area contributed by atoms with Crippen molar-refractivity contribution in [3.8, 4) is 0 Å². The van der Waals surface area contributed by atoms with Gasteiger partial charge in [0.1, 0.15) is 0 Å². The number of anilines is 1. The number of nitrogens with one attached hydrogen (secondary N) is 1. The van der Waals surface area contributed by atoms with Gasteiger partial charge in [0.05, 0.1) is 11.1 Å². The third-order valence-corrected chi connectivity index (χ3v) is 2.92. The lowest BCUT2D eigenvalue weighted by molar-refractivity contribution is -0.139. The largest absolute Gasteiger partial charge is 0.289 e. The first kappa shape index (κ1) is 11.6. The van der Waals surface area contributed by atoms with Crippen LogP contribution in [0.5, 0.6) is 0 Å². The maximum Gasteiger partial charge on any atom is 0.254 e. The Morgan fingerprint density at radius 2 is 1.76 bits per heavy atom. The lowest BCUT2D eigenvalue weighted by atomic mass is 9.92. The molecular formula is C13H16N2O2. The zero-order valence-electron chi connectivity index (χ0n) is 10.3. The monoisotopic (exact) mass is 232 g/mol. The van der Waals surface area contributed by atoms with Gasteiger partial charge in [0.15, 0.2) is 0 Å². The molecule has 2 rings (SSSR count). The Balaban J connectivity index is 2.17. The topological polar surface area (TPSA) is 49.4 Å². The summed E-state index contributed by atoms with van der Waals surface area (Å²) in [5, 5.41) is 1.12. The lowest BCUT2D eigenvalue weighted by Crippen LogP contribution is -2.37. The minimum absolute atomic E-state index is 0.178. The molecule has 0 bridgehead atoms. The summed E-state index contributed by atoms with van der Waals surface area (Å²) in [7, 11) is 0. The standard InChI is InChI=1S/C13H16N2O2/c1-9-4-6-10(7-5-9)14-15-11(16)8-13(2,3)12(15)17/h4-7,14H,8H2,1-3H3. The Kier molecular flexibility index (Phi) is 2.65. The molecule has 0 spiro atoms. The van der Waals surface area contributed by atoms with Crippen LogP contribution in [-0.2, 0) is 9.59 Å². The summed E-state index contributed by atoms with van der Waals surface area (Å²) in [6.45, 7) is 5.55. The molecule has 4 nitrogen and oxygen atoms in total. The molecule has 1 N–H and O–H groups in total. The molecule has 0 saturated carbocycles. The molecule has 1 saturated heterocycles. The summed E-state index contributed by atoms with van der Waals surface area (Å²) in [4.78, 5) is 23.7. The Hall–Kier alpha value is -1.84. The van der Waals surface area contributed by atoms with Crippen molar-refractivity contribution in [3.63, 3.8) is 0 Å². The van der Waals surface area contributed by atoms with Crippen LogP contribution >= 0.6 is 0 Å². The van der Waals surface area contributed by atoms with E-state index in [0.29, 0.717) is 0 Å². The quantitative estimate of drug-likeness (QED) is 0.794. The van der Waals surface area contributed by atoms with Gasteiger partial charge in [0.2, 0.25) is 5.91 Å². The van der Waals surface area contributed by atoms with E-state index in [4.69, 9.17) is 0 Å². The van der Waals surface area contributed by atoms with Crippen LogP contribution in [0.2, 0.25) is 0 Å². The molecule has 0 radical (unpaired) electrons. The summed E-state index contributed by atoms with van der Waals surface area (Å²) in [6, 6.07) is 7.55. The number of benzene rings is 1. The van der Waals surface area contributed by atoms with Crippen molar-refractivity contribution in [2.24, 2.45) is 5.41 Å². The lowest BCUT2D eigenvalue weighted by Gasteiger charge is -2.19. The Bertz CT molecular complexity index is 463. The van der Waals surface area contributed by atoms with E-state index in [-0.39, 0.29) is 18.2 Å². The third-order valence-electron chi connectivity index (χ3n) is 2.92. The first-order valence-electron chi connectivity index (χ1n) is 5.61. The van der Waals surface area contributed by atoms with E-state index >= 15 is 0 Å². The summed E-state index contributed by atoms with van der Waals surface area (Å²) in [6.07, 6.45) is 0.255. The Morgan fingerprint density at radius 1 is 1.18 bits per heavy atom. The van der Waals surface area contributed by atoms with Crippen LogP contribution in [0.1, 0.15) is 25.8 Å². The van der Waals surface area contributed by atoms with Crippen LogP contribution in [0, 0.1) is 12.3 Å². The van der Waals surface area contributed by atoms with Crippen molar-refractivity contribution < 1.29 is 9.59 Å². The number of nitrogens with zero attached hydrogens (tertiary/aromatic N) is 1. The highest BCUT2D eigenvalue weighted by molar-refractivity contribution is 6.06.